The van der Waals surface area contributed by atoms with Crippen molar-refractivity contribution >= 4 is 12.2 Å². The summed E-state index contributed by atoms with van der Waals surface area (Å²) in [6.07, 6.45) is 0.154. The minimum atomic E-state index is -0.483. The average Bonchev–Trinajstić information content (AvgIpc) is 2.70. The molecule has 2 amide bonds. The second kappa shape index (κ2) is 21.8. The van der Waals surface area contributed by atoms with Crippen LogP contribution in [0.15, 0.2) is 0 Å². The molecule has 0 aromatic rings. The summed E-state index contributed by atoms with van der Waals surface area (Å²) >= 11 is 0. The standard InChI is InChI=1S/C12H25NO4.C11H23NO5/c1-5-7-15-9-10-16-8-6-13-11(14)17-12(2,3)4;1-11(2,3)17-10(14)12-4-6-15-8-9-16-7-5-13/h5-10H2,1-4H3,(H,13,14);13H,4-9H2,1-3H3,(H,12,14). The van der Waals surface area contributed by atoms with Crippen LogP contribution in [0.2, 0.25) is 0 Å². The van der Waals surface area contributed by atoms with Gasteiger partial charge in [-0.05, 0) is 48.0 Å². The molecule has 0 heterocycles. The predicted molar refractivity (Wildman–Crippen MR) is 129 cm³/mol. The monoisotopic (exact) mass is 496 g/mol. The van der Waals surface area contributed by atoms with E-state index in [2.05, 4.69) is 17.6 Å². The number of carbonyl (C=O) groups is 2. The highest BCUT2D eigenvalue weighted by molar-refractivity contribution is 5.67. The number of nitrogens with one attached hydrogen (secondary N) is 2. The summed E-state index contributed by atoms with van der Waals surface area (Å²) in [6, 6.07) is 0. The Morgan fingerprint density at radius 1 is 0.618 bits per heavy atom. The first-order valence-corrected chi connectivity index (χ1v) is 11.8. The van der Waals surface area contributed by atoms with Crippen molar-refractivity contribution in [2.45, 2.75) is 66.1 Å². The molecule has 11 heteroatoms. The highest BCUT2D eigenvalue weighted by Crippen LogP contribution is 2.06. The number of rotatable bonds is 16. The van der Waals surface area contributed by atoms with Crippen LogP contribution in [-0.2, 0) is 28.4 Å². The van der Waals surface area contributed by atoms with Gasteiger partial charge in [0.25, 0.3) is 0 Å². The van der Waals surface area contributed by atoms with Gasteiger partial charge in [-0.3, -0.25) is 0 Å². The number of hydrogen-bond acceptors (Lipinski definition) is 9. The van der Waals surface area contributed by atoms with Crippen molar-refractivity contribution in [2.75, 3.05) is 72.6 Å². The predicted octanol–water partition coefficient (Wildman–Crippen LogP) is 2.49. The zero-order valence-corrected chi connectivity index (χ0v) is 22.2. The SMILES string of the molecule is CC(C)(C)OC(=O)NCCOCCOCCO.CCCOCCOCCNC(=O)OC(C)(C)C. The third-order valence-electron chi connectivity index (χ3n) is 3.16. The summed E-state index contributed by atoms with van der Waals surface area (Å²) in [7, 11) is 0. The van der Waals surface area contributed by atoms with Crippen molar-refractivity contribution < 1.29 is 43.1 Å². The van der Waals surface area contributed by atoms with Gasteiger partial charge in [0.1, 0.15) is 11.2 Å². The molecule has 0 atom stereocenters. The quantitative estimate of drug-likeness (QED) is 0.276. The van der Waals surface area contributed by atoms with Gasteiger partial charge in [-0.15, -0.1) is 0 Å². The van der Waals surface area contributed by atoms with Gasteiger partial charge in [0.05, 0.1) is 52.9 Å². The second-order valence-corrected chi connectivity index (χ2v) is 9.03. The molecule has 0 saturated carbocycles. The fraction of sp³-hybridized carbons (Fsp3) is 0.913. The molecular formula is C23H48N2O9. The lowest BCUT2D eigenvalue weighted by Crippen LogP contribution is -2.34. The van der Waals surface area contributed by atoms with E-state index in [0.717, 1.165) is 13.0 Å². The van der Waals surface area contributed by atoms with Crippen LogP contribution in [0.5, 0.6) is 0 Å². The van der Waals surface area contributed by atoms with E-state index in [9.17, 15) is 9.59 Å². The summed E-state index contributed by atoms with van der Waals surface area (Å²) in [5.74, 6) is 0. The van der Waals surface area contributed by atoms with Gasteiger partial charge in [-0.2, -0.15) is 0 Å². The lowest BCUT2D eigenvalue weighted by molar-refractivity contribution is 0.0303. The summed E-state index contributed by atoms with van der Waals surface area (Å²) in [5, 5.41) is 13.6. The highest BCUT2D eigenvalue weighted by atomic mass is 16.6. The Balaban J connectivity index is 0. The van der Waals surface area contributed by atoms with E-state index >= 15 is 0 Å². The van der Waals surface area contributed by atoms with Crippen molar-refractivity contribution in [2.24, 2.45) is 0 Å². The summed E-state index contributed by atoms with van der Waals surface area (Å²) in [6.45, 7) is 17.8. The van der Waals surface area contributed by atoms with E-state index in [0.29, 0.717) is 59.3 Å². The third-order valence-corrected chi connectivity index (χ3v) is 3.16. The van der Waals surface area contributed by atoms with E-state index in [-0.39, 0.29) is 6.61 Å². The van der Waals surface area contributed by atoms with Gasteiger partial charge in [0.15, 0.2) is 0 Å². The molecule has 34 heavy (non-hydrogen) atoms. The number of aliphatic hydroxyl groups is 1. The van der Waals surface area contributed by atoms with Gasteiger partial charge in [0.2, 0.25) is 0 Å². The molecule has 0 radical (unpaired) electrons. The first-order valence-electron chi connectivity index (χ1n) is 11.8. The number of amides is 2. The fourth-order valence-corrected chi connectivity index (χ4v) is 1.93. The third kappa shape index (κ3) is 32.5. The molecular weight excluding hydrogens is 448 g/mol. The molecule has 204 valence electrons. The van der Waals surface area contributed by atoms with Crippen molar-refractivity contribution in [3.8, 4) is 0 Å². The van der Waals surface area contributed by atoms with Gasteiger partial charge in [-0.1, -0.05) is 6.92 Å². The molecule has 3 N–H and O–H groups in total. The first-order chi connectivity index (χ1) is 15.9. The van der Waals surface area contributed by atoms with Crippen molar-refractivity contribution in [1.29, 1.82) is 0 Å². The Hall–Kier alpha value is -1.66. The molecule has 0 bridgehead atoms. The fourth-order valence-electron chi connectivity index (χ4n) is 1.93. The zero-order valence-electron chi connectivity index (χ0n) is 22.2. The van der Waals surface area contributed by atoms with Crippen molar-refractivity contribution in [3.05, 3.63) is 0 Å². The van der Waals surface area contributed by atoms with Crippen LogP contribution in [0.4, 0.5) is 9.59 Å². The molecule has 0 aliphatic carbocycles. The maximum absolute atomic E-state index is 11.2. The van der Waals surface area contributed by atoms with Crippen molar-refractivity contribution in [3.63, 3.8) is 0 Å². The zero-order chi connectivity index (χ0) is 26.3. The van der Waals surface area contributed by atoms with Crippen LogP contribution >= 0.6 is 0 Å². The van der Waals surface area contributed by atoms with Gasteiger partial charge >= 0.3 is 12.2 Å². The van der Waals surface area contributed by atoms with Crippen molar-refractivity contribution in [1.82, 2.24) is 10.6 Å². The Morgan fingerprint density at radius 3 is 1.29 bits per heavy atom. The molecule has 11 nitrogen and oxygen atoms in total. The van der Waals surface area contributed by atoms with E-state index in [1.54, 1.807) is 0 Å². The minimum Gasteiger partial charge on any atom is -0.444 e. The van der Waals surface area contributed by atoms with Crippen LogP contribution in [0.1, 0.15) is 54.9 Å². The van der Waals surface area contributed by atoms with Crippen LogP contribution < -0.4 is 10.6 Å². The Bertz CT molecular complexity index is 448. The first kappa shape index (κ1) is 34.5. The van der Waals surface area contributed by atoms with Crippen LogP contribution in [0.25, 0.3) is 0 Å². The van der Waals surface area contributed by atoms with Gasteiger partial charge in [-0.25, -0.2) is 9.59 Å². The van der Waals surface area contributed by atoms with E-state index in [1.807, 2.05) is 41.5 Å². The maximum atomic E-state index is 11.2. The minimum absolute atomic E-state index is 0.0141. The van der Waals surface area contributed by atoms with E-state index in [1.165, 1.54) is 0 Å². The molecule has 0 fully saturated rings. The summed E-state index contributed by atoms with van der Waals surface area (Å²) in [5.41, 5.74) is -0.942. The molecule has 0 aliphatic rings. The Kier molecular flexibility index (Phi) is 22.2. The molecule has 0 saturated heterocycles. The van der Waals surface area contributed by atoms with Crippen LogP contribution in [0.3, 0.4) is 0 Å². The number of ether oxygens (including phenoxy) is 6. The van der Waals surface area contributed by atoms with Gasteiger partial charge in [0, 0.05) is 19.7 Å². The second-order valence-electron chi connectivity index (χ2n) is 9.03. The number of hydrogen-bond donors (Lipinski definition) is 3. The summed E-state index contributed by atoms with van der Waals surface area (Å²) in [4.78, 5) is 22.4. The van der Waals surface area contributed by atoms with Gasteiger partial charge < -0.3 is 44.2 Å². The summed E-state index contributed by atoms with van der Waals surface area (Å²) < 4.78 is 30.8. The average molecular weight is 497 g/mol. The lowest BCUT2D eigenvalue weighted by atomic mass is 10.2. The van der Waals surface area contributed by atoms with Crippen LogP contribution in [0, 0.1) is 0 Å². The number of alkyl carbamates (subject to hydrolysis) is 2. The molecule has 0 unspecified atom stereocenters. The number of aliphatic hydroxyl groups excluding tert-OH is 1. The number of carbonyl (C=O) groups excluding carboxylic acids is 2. The lowest BCUT2D eigenvalue weighted by Gasteiger charge is -2.19. The molecule has 0 aromatic carbocycles. The molecule has 0 spiro atoms. The maximum Gasteiger partial charge on any atom is 0.407 e. The topological polar surface area (TPSA) is 134 Å². The molecule has 0 rings (SSSR count). The largest absolute Gasteiger partial charge is 0.444 e. The van der Waals surface area contributed by atoms with Crippen LogP contribution in [-0.4, -0.2) is 101 Å². The Morgan fingerprint density at radius 2 is 0.971 bits per heavy atom. The highest BCUT2D eigenvalue weighted by Gasteiger charge is 2.16. The van der Waals surface area contributed by atoms with E-state index in [4.69, 9.17) is 33.5 Å². The Labute approximate surface area is 205 Å². The van der Waals surface area contributed by atoms with E-state index < -0.39 is 23.4 Å². The normalized spacial score (nSPS) is 11.3. The smallest absolute Gasteiger partial charge is 0.407 e. The molecule has 0 aromatic heterocycles. The molecule has 0 aliphatic heterocycles.